The number of hydrogen-bond donors (Lipinski definition) is 0. The lowest BCUT2D eigenvalue weighted by molar-refractivity contribution is -0.297. The third kappa shape index (κ3) is 12.3. The minimum atomic E-state index is -1.80. The van der Waals surface area contributed by atoms with Gasteiger partial charge >= 0.3 is 11.9 Å². The number of rotatable bonds is 16. The maximum absolute atomic E-state index is 14.5. The Labute approximate surface area is 452 Å². The molecular formula is C62H64F4N2O10. The van der Waals surface area contributed by atoms with Gasteiger partial charge in [0.05, 0.1) is 13.2 Å². The minimum Gasteiger partial charge on any atom is -0.486 e. The largest absolute Gasteiger partial charge is 0.486 e. The van der Waals surface area contributed by atoms with Crippen molar-refractivity contribution in [1.82, 2.24) is 9.80 Å². The smallest absolute Gasteiger partial charge is 0.420 e. The Hall–Kier alpha value is -6.98. The molecule has 78 heavy (non-hydrogen) atoms. The zero-order valence-corrected chi connectivity index (χ0v) is 43.8. The highest BCUT2D eigenvalue weighted by Gasteiger charge is 2.61. The van der Waals surface area contributed by atoms with Gasteiger partial charge in [-0.15, -0.1) is 0 Å². The van der Waals surface area contributed by atoms with Gasteiger partial charge in [-0.3, -0.25) is 0 Å². The summed E-state index contributed by atoms with van der Waals surface area (Å²) in [5.41, 5.74) is 0.722. The fourth-order valence-electron chi connectivity index (χ4n) is 11.2. The average molecular weight is 1070 g/mol. The van der Waals surface area contributed by atoms with Crippen LogP contribution >= 0.6 is 0 Å². The molecule has 0 saturated carbocycles. The summed E-state index contributed by atoms with van der Waals surface area (Å²) in [5, 5.41) is 0. The van der Waals surface area contributed by atoms with Crippen LogP contribution in [0.15, 0.2) is 146 Å². The highest BCUT2D eigenvalue weighted by atomic mass is 19.1. The molecule has 2 saturated heterocycles. The van der Waals surface area contributed by atoms with Gasteiger partial charge in [-0.25, -0.2) is 27.2 Å². The Morgan fingerprint density at radius 2 is 0.821 bits per heavy atom. The SMILES string of the molecule is CC1(OC(=O)C(=O)OC2(C)Oc3ccccc3COC23CCN(CCCC(Oc2ccc(F)cc2)c2ccc(F)cc2)CC3)Oc2ccccc2COC12CCN(CCCC(Oc1ccc(F)cc1)c1ccc(F)cc1)CC2. The van der Waals surface area contributed by atoms with Crippen molar-refractivity contribution in [3.63, 3.8) is 0 Å². The van der Waals surface area contributed by atoms with Crippen molar-refractivity contribution in [1.29, 1.82) is 0 Å². The van der Waals surface area contributed by atoms with E-state index >= 15 is 0 Å². The molecule has 2 spiro atoms. The Morgan fingerprint density at radius 3 is 1.18 bits per heavy atom. The Kier molecular flexibility index (Phi) is 16.4. The van der Waals surface area contributed by atoms with Crippen molar-refractivity contribution in [2.45, 2.75) is 113 Å². The number of likely N-dealkylation sites (tertiary alicyclic amines) is 2. The quantitative estimate of drug-likeness (QED) is 0.0522. The molecule has 4 heterocycles. The van der Waals surface area contributed by atoms with Gasteiger partial charge in [-0.2, -0.15) is 0 Å². The average Bonchev–Trinajstić information content (AvgIpc) is 3.87. The van der Waals surface area contributed by atoms with E-state index in [9.17, 15) is 27.2 Å². The van der Waals surface area contributed by atoms with E-state index in [1.54, 1.807) is 74.5 Å². The van der Waals surface area contributed by atoms with Crippen LogP contribution in [0.5, 0.6) is 23.0 Å². The first-order chi connectivity index (χ1) is 37.7. The maximum atomic E-state index is 14.5. The number of nitrogens with zero attached hydrogens (tertiary/aromatic N) is 2. The molecule has 4 unspecified atom stereocenters. The molecule has 4 aliphatic heterocycles. The van der Waals surface area contributed by atoms with Gasteiger partial charge in [0, 0.05) is 51.2 Å². The molecule has 0 radical (unpaired) electrons. The summed E-state index contributed by atoms with van der Waals surface area (Å²) in [6.07, 6.45) is 3.30. The molecule has 4 aliphatic rings. The second-order valence-electron chi connectivity index (χ2n) is 20.8. The van der Waals surface area contributed by atoms with Gasteiger partial charge in [-0.1, -0.05) is 60.7 Å². The van der Waals surface area contributed by atoms with Gasteiger partial charge in [0.1, 0.15) is 69.7 Å². The van der Waals surface area contributed by atoms with Crippen LogP contribution in [0.4, 0.5) is 17.6 Å². The monoisotopic (exact) mass is 1070 g/mol. The summed E-state index contributed by atoms with van der Waals surface area (Å²) in [7, 11) is 0. The van der Waals surface area contributed by atoms with Crippen LogP contribution in [0.1, 0.15) is 99.7 Å². The number of carbonyl (C=O) groups is 2. The second kappa shape index (κ2) is 23.5. The molecule has 16 heteroatoms. The molecule has 0 amide bonds. The summed E-state index contributed by atoms with van der Waals surface area (Å²) >= 11 is 0. The fourth-order valence-corrected chi connectivity index (χ4v) is 11.2. The van der Waals surface area contributed by atoms with Crippen LogP contribution in [0.2, 0.25) is 0 Å². The summed E-state index contributed by atoms with van der Waals surface area (Å²) in [4.78, 5) is 33.5. The third-order valence-corrected chi connectivity index (χ3v) is 15.8. The highest BCUT2D eigenvalue weighted by molar-refractivity contribution is 6.30. The molecule has 410 valence electrons. The lowest BCUT2D eigenvalue weighted by atomic mass is 9.83. The standard InChI is InChI=1S/C62H64F4N2O10/c1-59(61(71-41-45-9-3-5-11-55(45)75-59)31-37-67(38-32-61)35-7-13-53(43-15-19-47(63)20-16-43)73-51-27-23-49(65)24-28-51)77-57(69)58(70)78-60(2)62(72-42-46-10-4-6-12-56(46)76-60)33-39-68(40-34-62)36-8-14-54(44-17-21-48(64)22-18-44)74-52-29-25-50(66)26-30-52/h3-6,9-12,15-30,53-54H,7-8,13-14,31-42H2,1-2H3. The van der Waals surface area contributed by atoms with Crippen molar-refractivity contribution in [3.05, 3.63) is 191 Å². The van der Waals surface area contributed by atoms with Crippen molar-refractivity contribution >= 4 is 11.9 Å². The first-order valence-corrected chi connectivity index (χ1v) is 26.8. The van der Waals surface area contributed by atoms with Crippen molar-refractivity contribution in [2.24, 2.45) is 0 Å². The molecule has 0 bridgehead atoms. The predicted octanol–water partition coefficient (Wildman–Crippen LogP) is 12.2. The summed E-state index contributed by atoms with van der Waals surface area (Å²) in [6.45, 7) is 7.13. The number of halogens is 4. The van der Waals surface area contributed by atoms with Crippen LogP contribution in [-0.4, -0.2) is 83.8 Å². The highest BCUT2D eigenvalue weighted by Crippen LogP contribution is 2.47. The second-order valence-corrected chi connectivity index (χ2v) is 20.8. The van der Waals surface area contributed by atoms with E-state index in [4.69, 9.17) is 37.9 Å². The van der Waals surface area contributed by atoms with Gasteiger partial charge in [0.2, 0.25) is 0 Å². The number of ether oxygens (including phenoxy) is 8. The molecule has 0 aromatic heterocycles. The lowest BCUT2D eigenvalue weighted by Gasteiger charge is -2.50. The van der Waals surface area contributed by atoms with Gasteiger partial charge in [0.25, 0.3) is 11.6 Å². The van der Waals surface area contributed by atoms with Crippen LogP contribution in [0, 0.1) is 23.3 Å². The number of benzene rings is 6. The van der Waals surface area contributed by atoms with E-state index in [1.807, 2.05) is 36.4 Å². The van der Waals surface area contributed by atoms with E-state index in [-0.39, 0.29) is 36.5 Å². The zero-order valence-electron chi connectivity index (χ0n) is 43.8. The zero-order chi connectivity index (χ0) is 54.3. The van der Waals surface area contributed by atoms with E-state index in [2.05, 4.69) is 9.80 Å². The fraction of sp³-hybridized carbons (Fsp3) is 0.387. The van der Waals surface area contributed by atoms with Gasteiger partial charge in [-0.05, 0) is 161 Å². The molecule has 6 aromatic carbocycles. The van der Waals surface area contributed by atoms with E-state index in [0.29, 0.717) is 114 Å². The van der Waals surface area contributed by atoms with Gasteiger partial charge in [0.15, 0.2) is 0 Å². The van der Waals surface area contributed by atoms with E-state index in [1.165, 1.54) is 48.5 Å². The Morgan fingerprint density at radius 1 is 0.487 bits per heavy atom. The predicted molar refractivity (Wildman–Crippen MR) is 280 cm³/mol. The lowest BCUT2D eigenvalue weighted by Crippen LogP contribution is -2.65. The van der Waals surface area contributed by atoms with Crippen LogP contribution in [0.3, 0.4) is 0 Å². The number of hydrogen-bond acceptors (Lipinski definition) is 12. The number of esters is 2. The molecule has 6 aromatic rings. The number of fused-ring (bicyclic) bond motifs is 2. The first-order valence-electron chi connectivity index (χ1n) is 26.8. The number of carbonyl (C=O) groups excluding carboxylic acids is 2. The Bertz CT molecular complexity index is 2780. The summed E-state index contributed by atoms with van der Waals surface area (Å²) < 4.78 is 107. The topological polar surface area (TPSA) is 114 Å². The first kappa shape index (κ1) is 54.4. The third-order valence-electron chi connectivity index (χ3n) is 15.8. The van der Waals surface area contributed by atoms with E-state index < -0.39 is 46.9 Å². The van der Waals surface area contributed by atoms with Crippen molar-refractivity contribution < 1.29 is 65.0 Å². The van der Waals surface area contributed by atoms with Crippen molar-refractivity contribution in [2.75, 3.05) is 39.3 Å². The molecule has 4 atom stereocenters. The number of piperidine rings is 2. The maximum Gasteiger partial charge on any atom is 0.420 e. The normalized spacial score (nSPS) is 21.6. The van der Waals surface area contributed by atoms with Crippen LogP contribution in [-0.2, 0) is 41.8 Å². The molecule has 10 rings (SSSR count). The molecule has 0 aliphatic carbocycles. The molecule has 12 nitrogen and oxygen atoms in total. The molecule has 2 fully saturated rings. The van der Waals surface area contributed by atoms with E-state index in [0.717, 1.165) is 22.3 Å². The minimum absolute atomic E-state index is 0.175. The van der Waals surface area contributed by atoms with Crippen LogP contribution < -0.4 is 18.9 Å². The Balaban J connectivity index is 0.806. The summed E-state index contributed by atoms with van der Waals surface area (Å²) in [6, 6.07) is 38.7. The van der Waals surface area contributed by atoms with Gasteiger partial charge < -0.3 is 47.7 Å². The number of para-hydroxylation sites is 2. The van der Waals surface area contributed by atoms with Crippen molar-refractivity contribution in [3.8, 4) is 23.0 Å². The molecule has 0 N–H and O–H groups in total. The molecular weight excluding hydrogens is 1010 g/mol. The summed E-state index contributed by atoms with van der Waals surface area (Å²) in [5.74, 6) is -5.72. The van der Waals surface area contributed by atoms with Crippen LogP contribution in [0.25, 0.3) is 0 Å².